The normalized spacial score (nSPS) is 14.8. The van der Waals surface area contributed by atoms with Crippen LogP contribution in [-0.4, -0.2) is 27.7 Å². The Morgan fingerprint density at radius 1 is 0.882 bits per heavy atom. The summed E-state index contributed by atoms with van der Waals surface area (Å²) < 4.78 is 5.69. The number of rotatable bonds is 7. The van der Waals surface area contributed by atoms with Crippen LogP contribution in [0.3, 0.4) is 0 Å². The van der Waals surface area contributed by atoms with Crippen molar-refractivity contribution >= 4 is 29.6 Å². The van der Waals surface area contributed by atoms with Gasteiger partial charge in [-0.15, -0.1) is 0 Å². The number of non-ortho nitro benzene ring substituents is 1. The monoisotopic (exact) mass is 457 g/mol. The molecule has 0 aliphatic carbocycles. The second-order valence-corrected chi connectivity index (χ2v) is 7.48. The Balaban J connectivity index is 1.44. The molecule has 1 aliphatic rings. The number of benzene rings is 3. The molecule has 0 atom stereocenters. The first-order valence-electron chi connectivity index (χ1n) is 10.3. The summed E-state index contributed by atoms with van der Waals surface area (Å²) in [5.41, 5.74) is 1.97. The molecule has 0 bridgehead atoms. The van der Waals surface area contributed by atoms with Crippen molar-refractivity contribution in [2.24, 2.45) is 0 Å². The molecule has 1 fully saturated rings. The Labute approximate surface area is 194 Å². The van der Waals surface area contributed by atoms with Crippen LogP contribution in [0.2, 0.25) is 0 Å². The van der Waals surface area contributed by atoms with Gasteiger partial charge >= 0.3 is 6.03 Å². The largest absolute Gasteiger partial charge is 0.489 e. The minimum absolute atomic E-state index is 0.00599. The van der Waals surface area contributed by atoms with Crippen molar-refractivity contribution in [2.75, 3.05) is 0 Å². The van der Waals surface area contributed by atoms with E-state index in [9.17, 15) is 24.5 Å². The molecule has 1 saturated heterocycles. The van der Waals surface area contributed by atoms with Crippen LogP contribution in [0.4, 0.5) is 10.5 Å². The molecule has 0 radical (unpaired) electrons. The SMILES string of the molecule is O=C1NC(=O)N(Cc2ccccc2)C(=O)C1=Cc1ccc(OCc2ccc([N+](=O)[O-])cc2)cc1. The number of nitro benzene ring substituents is 1. The number of carbonyl (C=O) groups is 3. The number of hydrogen-bond donors (Lipinski definition) is 1. The highest BCUT2D eigenvalue weighted by atomic mass is 16.6. The molecule has 4 rings (SSSR count). The smallest absolute Gasteiger partial charge is 0.331 e. The highest BCUT2D eigenvalue weighted by Gasteiger charge is 2.35. The number of hydrogen-bond acceptors (Lipinski definition) is 6. The van der Waals surface area contributed by atoms with E-state index in [1.807, 2.05) is 6.07 Å². The maximum Gasteiger partial charge on any atom is 0.331 e. The number of barbiturate groups is 1. The van der Waals surface area contributed by atoms with Crippen LogP contribution >= 0.6 is 0 Å². The van der Waals surface area contributed by atoms with Gasteiger partial charge in [-0.25, -0.2) is 4.79 Å². The lowest BCUT2D eigenvalue weighted by Crippen LogP contribution is -2.53. The highest BCUT2D eigenvalue weighted by molar-refractivity contribution is 6.30. The summed E-state index contributed by atoms with van der Waals surface area (Å²) in [4.78, 5) is 48.6. The summed E-state index contributed by atoms with van der Waals surface area (Å²) in [5.74, 6) is -0.880. The molecular formula is C25H19N3O6. The van der Waals surface area contributed by atoms with E-state index < -0.39 is 22.8 Å². The molecule has 9 heteroatoms. The number of nitrogens with zero attached hydrogens (tertiary/aromatic N) is 2. The average molecular weight is 457 g/mol. The number of urea groups is 1. The predicted octanol–water partition coefficient (Wildman–Crippen LogP) is 3.84. The average Bonchev–Trinajstić information content (AvgIpc) is 2.85. The zero-order valence-electron chi connectivity index (χ0n) is 17.8. The van der Waals surface area contributed by atoms with Gasteiger partial charge in [-0.3, -0.25) is 29.9 Å². The summed E-state index contributed by atoms with van der Waals surface area (Å²) in [6.07, 6.45) is 1.42. The van der Waals surface area contributed by atoms with Crippen molar-refractivity contribution in [3.05, 3.63) is 111 Å². The third-order valence-corrected chi connectivity index (χ3v) is 5.11. The minimum Gasteiger partial charge on any atom is -0.489 e. The van der Waals surface area contributed by atoms with Crippen molar-refractivity contribution in [1.82, 2.24) is 10.2 Å². The minimum atomic E-state index is -0.758. The van der Waals surface area contributed by atoms with Crippen LogP contribution in [-0.2, 0) is 22.7 Å². The molecule has 3 aromatic carbocycles. The standard InChI is InChI=1S/C25H19N3O6/c29-23-22(24(30)27(25(31)26-23)15-18-4-2-1-3-5-18)14-17-8-12-21(13-9-17)34-16-19-6-10-20(11-7-19)28(32)33/h1-14H,15-16H2,(H,26,29,31). The topological polar surface area (TPSA) is 119 Å². The van der Waals surface area contributed by atoms with Gasteiger partial charge in [0.25, 0.3) is 17.5 Å². The Morgan fingerprint density at radius 3 is 2.21 bits per heavy atom. The zero-order chi connectivity index (χ0) is 24.1. The van der Waals surface area contributed by atoms with Crippen molar-refractivity contribution in [3.63, 3.8) is 0 Å². The summed E-state index contributed by atoms with van der Waals surface area (Å²) in [7, 11) is 0. The molecule has 1 aliphatic heterocycles. The molecule has 9 nitrogen and oxygen atoms in total. The molecule has 34 heavy (non-hydrogen) atoms. The van der Waals surface area contributed by atoms with E-state index in [0.717, 1.165) is 16.0 Å². The number of imide groups is 2. The third-order valence-electron chi connectivity index (χ3n) is 5.11. The van der Waals surface area contributed by atoms with E-state index in [1.165, 1.54) is 18.2 Å². The van der Waals surface area contributed by atoms with Crippen molar-refractivity contribution in [2.45, 2.75) is 13.2 Å². The molecule has 0 saturated carbocycles. The third kappa shape index (κ3) is 5.16. The summed E-state index contributed by atoms with van der Waals surface area (Å²) in [5, 5.41) is 12.9. The molecule has 1 N–H and O–H groups in total. The van der Waals surface area contributed by atoms with Crippen LogP contribution < -0.4 is 10.1 Å². The van der Waals surface area contributed by atoms with E-state index in [2.05, 4.69) is 5.32 Å². The van der Waals surface area contributed by atoms with Crippen LogP contribution in [0.25, 0.3) is 6.08 Å². The Bertz CT molecular complexity index is 1270. The lowest BCUT2D eigenvalue weighted by Gasteiger charge is -2.26. The lowest BCUT2D eigenvalue weighted by atomic mass is 10.1. The van der Waals surface area contributed by atoms with E-state index in [0.29, 0.717) is 11.3 Å². The molecule has 3 aromatic rings. The fourth-order valence-corrected chi connectivity index (χ4v) is 3.31. The maximum atomic E-state index is 12.9. The summed E-state index contributed by atoms with van der Waals surface area (Å²) >= 11 is 0. The van der Waals surface area contributed by atoms with Crippen molar-refractivity contribution in [1.29, 1.82) is 0 Å². The first-order valence-corrected chi connectivity index (χ1v) is 10.3. The first kappa shape index (κ1) is 22.4. The zero-order valence-corrected chi connectivity index (χ0v) is 17.8. The Morgan fingerprint density at radius 2 is 1.56 bits per heavy atom. The number of carbonyl (C=O) groups excluding carboxylic acids is 3. The Hall–Kier alpha value is -4.79. The first-order chi connectivity index (χ1) is 16.4. The van der Waals surface area contributed by atoms with Crippen molar-refractivity contribution < 1.29 is 24.0 Å². The van der Waals surface area contributed by atoms with Crippen LogP contribution in [0.5, 0.6) is 5.75 Å². The van der Waals surface area contributed by atoms with Gasteiger partial charge in [-0.2, -0.15) is 0 Å². The molecular weight excluding hydrogens is 438 g/mol. The van der Waals surface area contributed by atoms with E-state index in [1.54, 1.807) is 60.7 Å². The van der Waals surface area contributed by atoms with Gasteiger partial charge in [0.2, 0.25) is 0 Å². The van der Waals surface area contributed by atoms with Crippen LogP contribution in [0, 0.1) is 10.1 Å². The van der Waals surface area contributed by atoms with Gasteiger partial charge in [0.05, 0.1) is 11.5 Å². The van der Waals surface area contributed by atoms with Gasteiger partial charge in [0, 0.05) is 12.1 Å². The predicted molar refractivity (Wildman–Crippen MR) is 122 cm³/mol. The van der Waals surface area contributed by atoms with Gasteiger partial charge in [-0.1, -0.05) is 42.5 Å². The quantitative estimate of drug-likeness (QED) is 0.249. The Kier molecular flexibility index (Phi) is 6.45. The number of amides is 4. The van der Waals surface area contributed by atoms with Crippen LogP contribution in [0.15, 0.2) is 84.4 Å². The fourth-order valence-electron chi connectivity index (χ4n) is 3.31. The van der Waals surface area contributed by atoms with Gasteiger partial charge < -0.3 is 4.74 Å². The molecule has 170 valence electrons. The lowest BCUT2D eigenvalue weighted by molar-refractivity contribution is -0.384. The van der Waals surface area contributed by atoms with Crippen molar-refractivity contribution in [3.8, 4) is 5.75 Å². The van der Waals surface area contributed by atoms with Crippen LogP contribution in [0.1, 0.15) is 16.7 Å². The number of ether oxygens (including phenoxy) is 1. The van der Waals surface area contributed by atoms with E-state index in [-0.39, 0.29) is 24.4 Å². The number of nitro groups is 1. The second-order valence-electron chi connectivity index (χ2n) is 7.48. The van der Waals surface area contributed by atoms with E-state index >= 15 is 0 Å². The molecule has 4 amide bonds. The molecule has 0 aromatic heterocycles. The summed E-state index contributed by atoms with van der Waals surface area (Å²) in [6, 6.07) is 21.0. The molecule has 0 unspecified atom stereocenters. The van der Waals surface area contributed by atoms with Gasteiger partial charge in [0.1, 0.15) is 17.9 Å². The number of nitrogens with one attached hydrogen (secondary N) is 1. The molecule has 1 heterocycles. The second kappa shape index (κ2) is 9.78. The van der Waals surface area contributed by atoms with Gasteiger partial charge in [0.15, 0.2) is 0 Å². The summed E-state index contributed by atoms with van der Waals surface area (Å²) in [6.45, 7) is 0.265. The van der Waals surface area contributed by atoms with Gasteiger partial charge in [-0.05, 0) is 47.0 Å². The van der Waals surface area contributed by atoms with E-state index in [4.69, 9.17) is 4.74 Å². The maximum absolute atomic E-state index is 12.9. The molecule has 0 spiro atoms. The fraction of sp³-hybridized carbons (Fsp3) is 0.0800. The highest BCUT2D eigenvalue weighted by Crippen LogP contribution is 2.20.